The minimum Gasteiger partial charge on any atom is -0.382 e. The standard InChI is InChI=1S/C9H16NO.Y/c1-5(2)7-8(6(3)4)10-9(7)11;/h5,7-8H,1-4H3,(H,10,11);/q-1;. The van der Waals surface area contributed by atoms with Crippen molar-refractivity contribution in [2.24, 2.45) is 11.8 Å². The Balaban J connectivity index is 0.00000121. The summed E-state index contributed by atoms with van der Waals surface area (Å²) in [6, 6.07) is 0.336. The van der Waals surface area contributed by atoms with Crippen molar-refractivity contribution in [1.29, 1.82) is 0 Å². The van der Waals surface area contributed by atoms with Gasteiger partial charge in [-0.25, -0.2) is 0 Å². The van der Waals surface area contributed by atoms with E-state index in [2.05, 4.69) is 33.0 Å². The van der Waals surface area contributed by atoms with Crippen LogP contribution in [-0.4, -0.2) is 11.9 Å². The largest absolute Gasteiger partial charge is 0.382 e. The molecule has 0 aliphatic carbocycles. The molecule has 1 aliphatic heterocycles. The van der Waals surface area contributed by atoms with Gasteiger partial charge in [-0.1, -0.05) is 19.9 Å². The third-order valence-electron chi connectivity index (χ3n) is 2.30. The van der Waals surface area contributed by atoms with E-state index < -0.39 is 0 Å². The van der Waals surface area contributed by atoms with E-state index in [9.17, 15) is 4.79 Å². The molecule has 0 aromatic rings. The molecule has 1 aliphatic rings. The normalized spacial score (nSPS) is 28.0. The van der Waals surface area contributed by atoms with Gasteiger partial charge < -0.3 is 5.32 Å². The molecule has 1 radical (unpaired) electrons. The number of carbonyl (C=O) groups excluding carboxylic acids is 1. The number of hydrogen-bond donors (Lipinski definition) is 1. The third-order valence-corrected chi connectivity index (χ3v) is 2.30. The van der Waals surface area contributed by atoms with Gasteiger partial charge in [0.25, 0.3) is 0 Å². The number of nitrogens with one attached hydrogen (secondary N) is 1. The summed E-state index contributed by atoms with van der Waals surface area (Å²) < 4.78 is 0. The number of hydrogen-bond acceptors (Lipinski definition) is 1. The molecule has 2 nitrogen and oxygen atoms in total. The predicted octanol–water partition coefficient (Wildman–Crippen LogP) is 1.37. The number of rotatable bonds is 2. The van der Waals surface area contributed by atoms with Crippen LogP contribution in [0, 0.1) is 17.8 Å². The minimum atomic E-state index is 0. The van der Waals surface area contributed by atoms with E-state index in [1.165, 1.54) is 5.92 Å². The molecule has 12 heavy (non-hydrogen) atoms. The Morgan fingerprint density at radius 1 is 1.42 bits per heavy atom. The molecule has 1 saturated heterocycles. The van der Waals surface area contributed by atoms with Gasteiger partial charge in [0.2, 0.25) is 5.91 Å². The molecule has 0 aromatic carbocycles. The van der Waals surface area contributed by atoms with Crippen molar-refractivity contribution in [3.63, 3.8) is 0 Å². The van der Waals surface area contributed by atoms with Crippen LogP contribution in [0.4, 0.5) is 0 Å². The van der Waals surface area contributed by atoms with Gasteiger partial charge in [0.1, 0.15) is 0 Å². The zero-order valence-electron chi connectivity index (χ0n) is 8.22. The van der Waals surface area contributed by atoms with Gasteiger partial charge >= 0.3 is 0 Å². The van der Waals surface area contributed by atoms with Crippen LogP contribution < -0.4 is 5.32 Å². The Labute approximate surface area is 99.7 Å². The van der Waals surface area contributed by atoms with Gasteiger partial charge in [-0.2, -0.15) is 13.8 Å². The fraction of sp³-hybridized carbons (Fsp3) is 0.778. The van der Waals surface area contributed by atoms with Gasteiger partial charge in [0, 0.05) is 38.6 Å². The maximum Gasteiger partial charge on any atom is 0.220 e. The van der Waals surface area contributed by atoms with Gasteiger partial charge in [-0.05, 0) is 5.92 Å². The Morgan fingerprint density at radius 2 is 1.92 bits per heavy atom. The van der Waals surface area contributed by atoms with Crippen LogP contribution in [0.15, 0.2) is 0 Å². The molecule has 0 aromatic heterocycles. The number of carbonyl (C=O) groups is 1. The van der Waals surface area contributed by atoms with Crippen molar-refractivity contribution < 1.29 is 37.5 Å². The molecule has 0 saturated carbocycles. The monoisotopic (exact) mass is 243 g/mol. The zero-order valence-corrected chi connectivity index (χ0v) is 11.1. The Hall–Kier alpha value is 0.574. The first kappa shape index (κ1) is 12.6. The molecule has 1 rings (SSSR count). The summed E-state index contributed by atoms with van der Waals surface area (Å²) in [6.07, 6.45) is 0. The molecule has 1 fully saturated rings. The van der Waals surface area contributed by atoms with Crippen LogP contribution >= 0.6 is 0 Å². The van der Waals surface area contributed by atoms with Crippen molar-refractivity contribution in [3.05, 3.63) is 5.92 Å². The van der Waals surface area contributed by atoms with Crippen LogP contribution in [0.2, 0.25) is 0 Å². The second kappa shape index (κ2) is 4.71. The van der Waals surface area contributed by atoms with Gasteiger partial charge in [-0.15, -0.1) is 0 Å². The van der Waals surface area contributed by atoms with E-state index in [4.69, 9.17) is 0 Å². The fourth-order valence-electron chi connectivity index (χ4n) is 1.59. The third kappa shape index (κ3) is 2.29. The SMILES string of the molecule is C[C-](C)C1NC(=O)C1C(C)C.[Y]. The first-order valence-corrected chi connectivity index (χ1v) is 4.14. The van der Waals surface area contributed by atoms with E-state index in [1.54, 1.807) is 0 Å². The van der Waals surface area contributed by atoms with E-state index in [0.29, 0.717) is 12.0 Å². The van der Waals surface area contributed by atoms with Crippen LogP contribution in [0.25, 0.3) is 0 Å². The quantitative estimate of drug-likeness (QED) is 0.576. The topological polar surface area (TPSA) is 29.1 Å². The van der Waals surface area contributed by atoms with Crippen molar-refractivity contribution in [1.82, 2.24) is 5.32 Å². The molecule has 1 heterocycles. The van der Waals surface area contributed by atoms with Gasteiger partial charge in [0.05, 0.1) is 0 Å². The van der Waals surface area contributed by atoms with Crippen LogP contribution in [0.5, 0.6) is 0 Å². The molecule has 2 unspecified atom stereocenters. The van der Waals surface area contributed by atoms with Crippen molar-refractivity contribution in [2.75, 3.05) is 0 Å². The second-order valence-electron chi connectivity index (χ2n) is 3.83. The van der Waals surface area contributed by atoms with Gasteiger partial charge in [0.15, 0.2) is 0 Å². The summed E-state index contributed by atoms with van der Waals surface area (Å²) in [5.41, 5.74) is 0. The maximum atomic E-state index is 11.1. The zero-order chi connectivity index (χ0) is 8.59. The van der Waals surface area contributed by atoms with Crippen LogP contribution in [-0.2, 0) is 37.5 Å². The summed E-state index contributed by atoms with van der Waals surface area (Å²) >= 11 is 0. The molecule has 67 valence electrons. The minimum absolute atomic E-state index is 0. The second-order valence-corrected chi connectivity index (χ2v) is 3.83. The Bertz CT molecular complexity index is 168. The summed E-state index contributed by atoms with van der Waals surface area (Å²) in [4.78, 5) is 11.1. The van der Waals surface area contributed by atoms with E-state index in [0.717, 1.165) is 0 Å². The van der Waals surface area contributed by atoms with E-state index >= 15 is 0 Å². The average Bonchev–Trinajstić information content (AvgIpc) is 1.80. The molecular formula is C9H16NOY-. The molecule has 2 atom stereocenters. The van der Waals surface area contributed by atoms with E-state index in [1.807, 2.05) is 0 Å². The molecule has 0 bridgehead atoms. The van der Waals surface area contributed by atoms with Crippen molar-refractivity contribution >= 4 is 5.91 Å². The van der Waals surface area contributed by atoms with Crippen LogP contribution in [0.3, 0.4) is 0 Å². The Kier molecular flexibility index (Phi) is 4.94. The molecule has 0 spiro atoms. The first-order chi connectivity index (χ1) is 5.04. The van der Waals surface area contributed by atoms with Crippen molar-refractivity contribution in [2.45, 2.75) is 33.7 Å². The summed E-state index contributed by atoms with van der Waals surface area (Å²) in [7, 11) is 0. The summed E-state index contributed by atoms with van der Waals surface area (Å²) in [6.45, 7) is 8.33. The van der Waals surface area contributed by atoms with Crippen molar-refractivity contribution in [3.8, 4) is 0 Å². The predicted molar refractivity (Wildman–Crippen MR) is 44.8 cm³/mol. The van der Waals surface area contributed by atoms with Gasteiger partial charge in [-0.3, -0.25) is 10.7 Å². The molecule has 3 heteroatoms. The smallest absolute Gasteiger partial charge is 0.220 e. The van der Waals surface area contributed by atoms with E-state index in [-0.39, 0.29) is 44.5 Å². The Morgan fingerprint density at radius 3 is 2.08 bits per heavy atom. The van der Waals surface area contributed by atoms with Crippen LogP contribution in [0.1, 0.15) is 27.7 Å². The fourth-order valence-corrected chi connectivity index (χ4v) is 1.59. The number of amides is 1. The molecular weight excluding hydrogens is 227 g/mol. The average molecular weight is 243 g/mol. The first-order valence-electron chi connectivity index (χ1n) is 4.14. The number of β-lactam (4-membered cyclic amide) rings is 1. The molecule has 1 N–H and O–H groups in total. The maximum absolute atomic E-state index is 11.1. The summed E-state index contributed by atoms with van der Waals surface area (Å²) in [5.74, 6) is 2.21. The summed E-state index contributed by atoms with van der Waals surface area (Å²) in [5, 5.41) is 2.90. The molecule has 1 amide bonds.